The lowest BCUT2D eigenvalue weighted by molar-refractivity contribution is -0.0471. The number of nitrogens with one attached hydrogen (secondary N) is 2. The average molecular weight is 263 g/mol. The van der Waals surface area contributed by atoms with Crippen molar-refractivity contribution in [1.82, 2.24) is 10.3 Å². The first-order valence-corrected chi connectivity index (χ1v) is 6.93. The van der Waals surface area contributed by atoms with Gasteiger partial charge in [-0.05, 0) is 18.6 Å². The zero-order chi connectivity index (χ0) is 13.0. The summed E-state index contributed by atoms with van der Waals surface area (Å²) in [7, 11) is 0. The van der Waals surface area contributed by atoms with Crippen molar-refractivity contribution in [2.24, 2.45) is 5.92 Å². The number of hydrogen-bond acceptors (Lipinski definition) is 5. The van der Waals surface area contributed by atoms with Crippen molar-refractivity contribution in [3.63, 3.8) is 0 Å². The summed E-state index contributed by atoms with van der Waals surface area (Å²) < 4.78 is 11.6. The summed E-state index contributed by atoms with van der Waals surface area (Å²) in [5, 5.41) is 6.81. The SMILES string of the molecule is c1cncc(NCC2COC3(CNCCOC3)C2)c1. The van der Waals surface area contributed by atoms with E-state index in [0.29, 0.717) is 12.5 Å². The molecule has 2 aliphatic rings. The molecule has 1 aromatic rings. The molecule has 2 aliphatic heterocycles. The van der Waals surface area contributed by atoms with Gasteiger partial charge in [-0.25, -0.2) is 0 Å². The van der Waals surface area contributed by atoms with E-state index < -0.39 is 0 Å². The minimum absolute atomic E-state index is 0.113. The normalized spacial score (nSPS) is 31.3. The highest BCUT2D eigenvalue weighted by atomic mass is 16.5. The van der Waals surface area contributed by atoms with Gasteiger partial charge in [0, 0.05) is 37.9 Å². The summed E-state index contributed by atoms with van der Waals surface area (Å²) in [6.45, 7) is 5.04. The van der Waals surface area contributed by atoms with Crippen molar-refractivity contribution in [3.05, 3.63) is 24.5 Å². The maximum atomic E-state index is 6.02. The van der Waals surface area contributed by atoms with Crippen LogP contribution in [0, 0.1) is 5.92 Å². The van der Waals surface area contributed by atoms with E-state index >= 15 is 0 Å². The van der Waals surface area contributed by atoms with Gasteiger partial charge in [0.05, 0.1) is 25.5 Å². The van der Waals surface area contributed by atoms with E-state index in [1.807, 2.05) is 18.3 Å². The Kier molecular flexibility index (Phi) is 3.96. The predicted molar refractivity (Wildman–Crippen MR) is 73.2 cm³/mol. The van der Waals surface area contributed by atoms with Crippen molar-refractivity contribution in [1.29, 1.82) is 0 Å². The molecule has 5 nitrogen and oxygen atoms in total. The topological polar surface area (TPSA) is 55.4 Å². The molecule has 3 heterocycles. The van der Waals surface area contributed by atoms with Gasteiger partial charge in [0.2, 0.25) is 0 Å². The van der Waals surface area contributed by atoms with Crippen LogP contribution in [0.1, 0.15) is 6.42 Å². The summed E-state index contributed by atoms with van der Waals surface area (Å²) >= 11 is 0. The number of nitrogens with zero attached hydrogens (tertiary/aromatic N) is 1. The molecular weight excluding hydrogens is 242 g/mol. The van der Waals surface area contributed by atoms with E-state index in [1.54, 1.807) is 6.20 Å². The zero-order valence-electron chi connectivity index (χ0n) is 11.1. The number of hydrogen-bond donors (Lipinski definition) is 2. The quantitative estimate of drug-likeness (QED) is 0.848. The van der Waals surface area contributed by atoms with Crippen LogP contribution in [0.25, 0.3) is 0 Å². The Hall–Kier alpha value is -1.17. The van der Waals surface area contributed by atoms with Crippen LogP contribution in [-0.2, 0) is 9.47 Å². The van der Waals surface area contributed by atoms with Crippen LogP contribution in [0.3, 0.4) is 0 Å². The Morgan fingerprint density at radius 2 is 2.53 bits per heavy atom. The molecule has 0 amide bonds. The molecule has 5 heteroatoms. The fourth-order valence-electron chi connectivity index (χ4n) is 2.79. The van der Waals surface area contributed by atoms with Crippen molar-refractivity contribution in [2.75, 3.05) is 44.8 Å². The molecule has 3 rings (SSSR count). The van der Waals surface area contributed by atoms with Crippen molar-refractivity contribution in [2.45, 2.75) is 12.0 Å². The second-order valence-electron chi connectivity index (χ2n) is 5.42. The van der Waals surface area contributed by atoms with Gasteiger partial charge >= 0.3 is 0 Å². The fraction of sp³-hybridized carbons (Fsp3) is 0.643. The smallest absolute Gasteiger partial charge is 0.104 e. The lowest BCUT2D eigenvalue weighted by Crippen LogP contribution is -2.42. The second kappa shape index (κ2) is 5.86. The highest BCUT2D eigenvalue weighted by molar-refractivity contribution is 5.39. The third kappa shape index (κ3) is 3.23. The van der Waals surface area contributed by atoms with Gasteiger partial charge in [-0.1, -0.05) is 0 Å². The molecule has 0 radical (unpaired) electrons. The summed E-state index contributed by atoms with van der Waals surface area (Å²) in [6, 6.07) is 3.98. The highest BCUT2D eigenvalue weighted by Crippen LogP contribution is 2.31. The lowest BCUT2D eigenvalue weighted by atomic mass is 9.94. The summed E-state index contributed by atoms with van der Waals surface area (Å²) in [5.41, 5.74) is 0.955. The molecule has 2 unspecified atom stereocenters. The van der Waals surface area contributed by atoms with Crippen LogP contribution in [0.15, 0.2) is 24.5 Å². The summed E-state index contributed by atoms with van der Waals surface area (Å²) in [6.07, 6.45) is 4.68. The van der Waals surface area contributed by atoms with E-state index in [0.717, 1.165) is 45.0 Å². The van der Waals surface area contributed by atoms with Crippen LogP contribution in [-0.4, -0.2) is 50.0 Å². The number of anilines is 1. The highest BCUT2D eigenvalue weighted by Gasteiger charge is 2.41. The fourth-order valence-corrected chi connectivity index (χ4v) is 2.79. The predicted octanol–water partition coefficient (Wildman–Crippen LogP) is 0.889. The first-order chi connectivity index (χ1) is 9.36. The largest absolute Gasteiger partial charge is 0.383 e. The molecule has 19 heavy (non-hydrogen) atoms. The molecule has 2 N–H and O–H groups in total. The molecule has 2 saturated heterocycles. The number of rotatable bonds is 3. The molecule has 104 valence electrons. The maximum Gasteiger partial charge on any atom is 0.104 e. The minimum atomic E-state index is -0.113. The molecule has 0 aliphatic carbocycles. The van der Waals surface area contributed by atoms with Crippen LogP contribution in [0.4, 0.5) is 5.69 Å². The zero-order valence-corrected chi connectivity index (χ0v) is 11.1. The molecule has 0 aromatic carbocycles. The molecule has 2 fully saturated rings. The van der Waals surface area contributed by atoms with Crippen LogP contribution >= 0.6 is 0 Å². The van der Waals surface area contributed by atoms with Crippen molar-refractivity contribution >= 4 is 5.69 Å². The van der Waals surface area contributed by atoms with E-state index in [4.69, 9.17) is 9.47 Å². The van der Waals surface area contributed by atoms with Gasteiger partial charge in [-0.2, -0.15) is 0 Å². The monoisotopic (exact) mass is 263 g/mol. The average Bonchev–Trinajstić information content (AvgIpc) is 2.70. The Balaban J connectivity index is 1.51. The molecular formula is C14H21N3O2. The third-order valence-corrected chi connectivity index (χ3v) is 3.78. The number of pyridine rings is 1. The Morgan fingerprint density at radius 3 is 3.42 bits per heavy atom. The molecule has 1 aromatic heterocycles. The van der Waals surface area contributed by atoms with Crippen LogP contribution in [0.2, 0.25) is 0 Å². The molecule has 2 atom stereocenters. The van der Waals surface area contributed by atoms with E-state index in [-0.39, 0.29) is 5.60 Å². The first kappa shape index (κ1) is 12.8. The third-order valence-electron chi connectivity index (χ3n) is 3.78. The second-order valence-corrected chi connectivity index (χ2v) is 5.42. The standard InChI is InChI=1S/C14H21N3O2/c1-2-13(8-15-3-1)17-7-12-6-14(19-9-12)10-16-4-5-18-11-14/h1-3,8,12,16-17H,4-7,9-11H2. The summed E-state index contributed by atoms with van der Waals surface area (Å²) in [4.78, 5) is 4.10. The first-order valence-electron chi connectivity index (χ1n) is 6.93. The lowest BCUT2D eigenvalue weighted by Gasteiger charge is -2.25. The maximum absolute atomic E-state index is 6.02. The molecule has 1 spiro atoms. The van der Waals surface area contributed by atoms with E-state index in [1.165, 1.54) is 0 Å². The van der Waals surface area contributed by atoms with Crippen LogP contribution in [0.5, 0.6) is 0 Å². The van der Waals surface area contributed by atoms with Crippen LogP contribution < -0.4 is 10.6 Å². The van der Waals surface area contributed by atoms with Gasteiger partial charge in [0.15, 0.2) is 0 Å². The van der Waals surface area contributed by atoms with Gasteiger partial charge in [0.1, 0.15) is 5.60 Å². The van der Waals surface area contributed by atoms with E-state index in [2.05, 4.69) is 15.6 Å². The van der Waals surface area contributed by atoms with Gasteiger partial charge < -0.3 is 20.1 Å². The van der Waals surface area contributed by atoms with Gasteiger partial charge in [-0.15, -0.1) is 0 Å². The minimum Gasteiger partial charge on any atom is -0.383 e. The number of ether oxygens (including phenoxy) is 2. The Bertz CT molecular complexity index is 391. The van der Waals surface area contributed by atoms with Gasteiger partial charge in [-0.3, -0.25) is 4.98 Å². The van der Waals surface area contributed by atoms with E-state index in [9.17, 15) is 0 Å². The molecule has 0 bridgehead atoms. The Labute approximate surface area is 113 Å². The number of aromatic nitrogens is 1. The Morgan fingerprint density at radius 1 is 1.53 bits per heavy atom. The summed E-state index contributed by atoms with van der Waals surface area (Å²) in [5.74, 6) is 0.531. The van der Waals surface area contributed by atoms with Crippen molar-refractivity contribution < 1.29 is 9.47 Å². The van der Waals surface area contributed by atoms with Crippen molar-refractivity contribution in [3.8, 4) is 0 Å². The van der Waals surface area contributed by atoms with Gasteiger partial charge in [0.25, 0.3) is 0 Å². The molecule has 0 saturated carbocycles.